The molecule has 2 aromatic rings. The molecule has 3 aliphatic rings. The first kappa shape index (κ1) is 19.9. The molecule has 0 spiro atoms. The number of imide groups is 1. The average Bonchev–Trinajstić information content (AvgIpc) is 3.33. The Hall–Kier alpha value is -1.99. The summed E-state index contributed by atoms with van der Waals surface area (Å²) in [6.45, 7) is 0. The third-order valence-electron chi connectivity index (χ3n) is 6.49. The first-order valence-electron chi connectivity index (χ1n) is 9.96. The van der Waals surface area contributed by atoms with Gasteiger partial charge in [-0.25, -0.2) is 4.90 Å². The number of nitrogens with zero attached hydrogens (tertiary/aromatic N) is 1. The number of benzene rings is 2. The minimum absolute atomic E-state index is 0.144. The molecule has 154 valence electrons. The lowest BCUT2D eigenvalue weighted by Crippen LogP contribution is -2.37. The maximum atomic E-state index is 13.2. The molecule has 0 N–H and O–H groups in total. The Bertz CT molecular complexity index is 995. The second-order valence-electron chi connectivity index (χ2n) is 8.15. The summed E-state index contributed by atoms with van der Waals surface area (Å²) in [5.41, 5.74) is 1.32. The smallest absolute Gasteiger partial charge is 0.315 e. The van der Waals surface area contributed by atoms with Crippen molar-refractivity contribution < 1.29 is 19.1 Å². The SMILES string of the molecule is O=C(Cc1ccccc1)Oc1cccc(N2C(=O)[C@H]3[C@@H]4C[C@H]([C@@H](Br)[C@H]4Br)[C@@H]3C2=O)c1. The molecule has 1 heterocycles. The van der Waals surface area contributed by atoms with Crippen LogP contribution in [0.15, 0.2) is 54.6 Å². The van der Waals surface area contributed by atoms with Crippen molar-refractivity contribution in [3.8, 4) is 5.75 Å². The Morgan fingerprint density at radius 1 is 0.933 bits per heavy atom. The lowest BCUT2D eigenvalue weighted by molar-refractivity contribution is -0.133. The van der Waals surface area contributed by atoms with Gasteiger partial charge in [-0.1, -0.05) is 68.3 Å². The summed E-state index contributed by atoms with van der Waals surface area (Å²) in [4.78, 5) is 40.3. The van der Waals surface area contributed by atoms with E-state index in [1.807, 2.05) is 30.3 Å². The topological polar surface area (TPSA) is 63.7 Å². The van der Waals surface area contributed by atoms with Crippen molar-refractivity contribution in [1.29, 1.82) is 0 Å². The lowest BCUT2D eigenvalue weighted by atomic mass is 9.81. The second-order valence-corrected chi connectivity index (χ2v) is 10.3. The molecule has 1 aliphatic heterocycles. The molecule has 2 bridgehead atoms. The predicted octanol–water partition coefficient (Wildman–Crippen LogP) is 4.12. The highest BCUT2D eigenvalue weighted by atomic mass is 79.9. The van der Waals surface area contributed by atoms with Gasteiger partial charge in [-0.2, -0.15) is 0 Å². The molecule has 0 aromatic heterocycles. The highest BCUT2D eigenvalue weighted by molar-refractivity contribution is 9.12. The summed E-state index contributed by atoms with van der Waals surface area (Å²) in [6, 6.07) is 16.0. The zero-order valence-corrected chi connectivity index (χ0v) is 19.1. The number of halogens is 2. The fourth-order valence-corrected chi connectivity index (χ4v) is 7.09. The van der Waals surface area contributed by atoms with Crippen LogP contribution in [0.3, 0.4) is 0 Å². The molecule has 5 nitrogen and oxygen atoms in total. The molecular weight excluding hydrogens is 514 g/mol. The number of fused-ring (bicyclic) bond motifs is 5. The third kappa shape index (κ3) is 3.14. The van der Waals surface area contributed by atoms with Gasteiger partial charge in [0.05, 0.1) is 23.9 Å². The molecule has 2 aliphatic carbocycles. The standard InChI is InChI=1S/C23H19Br2NO4/c24-20-15-11-16(21(20)25)19-18(15)22(28)26(23(19)29)13-7-4-8-14(10-13)30-17(27)9-12-5-2-1-3-6-12/h1-8,10,15-16,18-21H,9,11H2/t15-,16-,18-,19-,20-,21+/m0/s1. The first-order chi connectivity index (χ1) is 14.5. The van der Waals surface area contributed by atoms with Crippen molar-refractivity contribution in [2.75, 3.05) is 4.90 Å². The van der Waals surface area contributed by atoms with Crippen LogP contribution in [0.4, 0.5) is 5.69 Å². The van der Waals surface area contributed by atoms with Gasteiger partial charge in [0.1, 0.15) is 5.75 Å². The fraction of sp³-hybridized carbons (Fsp3) is 0.348. The van der Waals surface area contributed by atoms with Crippen LogP contribution < -0.4 is 9.64 Å². The Morgan fingerprint density at radius 2 is 1.57 bits per heavy atom. The average molecular weight is 533 g/mol. The number of rotatable bonds is 4. The number of esters is 1. The number of amides is 2. The van der Waals surface area contributed by atoms with E-state index in [4.69, 9.17) is 4.74 Å². The van der Waals surface area contributed by atoms with Crippen molar-refractivity contribution in [3.63, 3.8) is 0 Å². The number of alkyl halides is 2. The highest BCUT2D eigenvalue weighted by Gasteiger charge is 2.66. The van der Waals surface area contributed by atoms with E-state index in [1.54, 1.807) is 24.3 Å². The summed E-state index contributed by atoms with van der Waals surface area (Å²) in [7, 11) is 0. The monoisotopic (exact) mass is 531 g/mol. The van der Waals surface area contributed by atoms with Crippen molar-refractivity contribution >= 4 is 55.3 Å². The van der Waals surface area contributed by atoms with Gasteiger partial charge < -0.3 is 4.74 Å². The van der Waals surface area contributed by atoms with Crippen LogP contribution in [0.5, 0.6) is 5.75 Å². The van der Waals surface area contributed by atoms with Crippen LogP contribution in [0.1, 0.15) is 12.0 Å². The number of ether oxygens (including phenoxy) is 1. The number of anilines is 1. The third-order valence-corrected chi connectivity index (χ3v) is 9.69. The molecule has 3 fully saturated rings. The van der Waals surface area contributed by atoms with Crippen LogP contribution >= 0.6 is 31.9 Å². The van der Waals surface area contributed by atoms with E-state index in [-0.39, 0.29) is 51.6 Å². The maximum Gasteiger partial charge on any atom is 0.315 e. The first-order valence-corrected chi connectivity index (χ1v) is 11.8. The van der Waals surface area contributed by atoms with E-state index in [1.165, 1.54) is 4.90 Å². The fourth-order valence-electron chi connectivity index (χ4n) is 5.22. The molecular formula is C23H19Br2NO4. The number of carbonyl (C=O) groups excluding carboxylic acids is 3. The molecule has 2 aromatic carbocycles. The van der Waals surface area contributed by atoms with Crippen LogP contribution in [0, 0.1) is 23.7 Å². The Labute approximate surface area is 191 Å². The summed E-state index contributed by atoms with van der Waals surface area (Å²) in [5, 5.41) is 0. The van der Waals surface area contributed by atoms with Gasteiger partial charge in [0.2, 0.25) is 11.8 Å². The van der Waals surface area contributed by atoms with Gasteiger partial charge >= 0.3 is 5.97 Å². The molecule has 0 radical (unpaired) electrons. The summed E-state index contributed by atoms with van der Waals surface area (Å²) in [6.07, 6.45) is 1.04. The van der Waals surface area contributed by atoms with E-state index >= 15 is 0 Å². The maximum absolute atomic E-state index is 13.2. The molecule has 5 rings (SSSR count). The lowest BCUT2D eigenvalue weighted by Gasteiger charge is -2.28. The number of hydrogen-bond acceptors (Lipinski definition) is 4. The zero-order chi connectivity index (χ0) is 21.0. The van der Waals surface area contributed by atoms with E-state index in [2.05, 4.69) is 31.9 Å². The van der Waals surface area contributed by atoms with E-state index in [0.717, 1.165) is 12.0 Å². The number of hydrogen-bond donors (Lipinski definition) is 0. The van der Waals surface area contributed by atoms with Crippen molar-refractivity contribution in [2.24, 2.45) is 23.7 Å². The molecule has 6 atom stereocenters. The van der Waals surface area contributed by atoms with Crippen LogP contribution in [0.25, 0.3) is 0 Å². The summed E-state index contributed by atoms with van der Waals surface area (Å²) < 4.78 is 5.47. The van der Waals surface area contributed by atoms with E-state index in [0.29, 0.717) is 11.4 Å². The molecule has 7 heteroatoms. The predicted molar refractivity (Wildman–Crippen MR) is 119 cm³/mol. The molecule has 1 saturated heterocycles. The van der Waals surface area contributed by atoms with Gasteiger partial charge in [0, 0.05) is 15.7 Å². The highest BCUT2D eigenvalue weighted by Crippen LogP contribution is 2.60. The minimum atomic E-state index is -0.392. The van der Waals surface area contributed by atoms with Gasteiger partial charge in [0.15, 0.2) is 0 Å². The van der Waals surface area contributed by atoms with Crippen LogP contribution in [-0.4, -0.2) is 27.4 Å². The molecule has 2 saturated carbocycles. The van der Waals surface area contributed by atoms with Crippen molar-refractivity contribution in [3.05, 3.63) is 60.2 Å². The summed E-state index contributed by atoms with van der Waals surface area (Å²) >= 11 is 7.40. The Kier molecular flexibility index (Phi) is 5.06. The van der Waals surface area contributed by atoms with Crippen molar-refractivity contribution in [2.45, 2.75) is 22.5 Å². The Balaban J connectivity index is 1.35. The Morgan fingerprint density at radius 3 is 2.20 bits per heavy atom. The summed E-state index contributed by atoms with van der Waals surface area (Å²) in [5.74, 6) is -0.573. The molecule has 0 unspecified atom stereocenters. The quantitative estimate of drug-likeness (QED) is 0.257. The van der Waals surface area contributed by atoms with Crippen LogP contribution in [-0.2, 0) is 20.8 Å². The van der Waals surface area contributed by atoms with E-state index in [9.17, 15) is 14.4 Å². The number of carbonyl (C=O) groups is 3. The molecule has 2 amide bonds. The second kappa shape index (κ2) is 7.61. The largest absolute Gasteiger partial charge is 0.426 e. The van der Waals surface area contributed by atoms with Crippen LogP contribution in [0.2, 0.25) is 0 Å². The van der Waals surface area contributed by atoms with Gasteiger partial charge in [0.25, 0.3) is 0 Å². The molecule has 30 heavy (non-hydrogen) atoms. The normalized spacial score (nSPS) is 31.9. The minimum Gasteiger partial charge on any atom is -0.426 e. The van der Waals surface area contributed by atoms with Crippen molar-refractivity contribution in [1.82, 2.24) is 0 Å². The van der Waals surface area contributed by atoms with Gasteiger partial charge in [-0.05, 0) is 36.0 Å². The van der Waals surface area contributed by atoms with Gasteiger partial charge in [-0.3, -0.25) is 14.4 Å². The zero-order valence-electron chi connectivity index (χ0n) is 15.9. The van der Waals surface area contributed by atoms with E-state index < -0.39 is 5.97 Å². The van der Waals surface area contributed by atoms with Gasteiger partial charge in [-0.15, -0.1) is 0 Å².